The number of nitrogens with zero attached hydrogens (tertiary/aromatic N) is 1. The molecule has 0 amide bonds. The molecule has 2 aliphatic carbocycles. The molecule has 0 aromatic rings. The van der Waals surface area contributed by atoms with E-state index < -0.39 is 0 Å². The van der Waals surface area contributed by atoms with E-state index in [1.165, 1.54) is 37.7 Å². The fourth-order valence-electron chi connectivity index (χ4n) is 4.52. The van der Waals surface area contributed by atoms with Crippen LogP contribution in [0, 0.1) is 29.7 Å². The molecule has 17 heavy (non-hydrogen) atoms. The highest BCUT2D eigenvalue weighted by molar-refractivity contribution is 5.14. The van der Waals surface area contributed by atoms with Gasteiger partial charge in [-0.1, -0.05) is 38.8 Å². The maximum atomic E-state index is 7.60. The average molecular weight is 231 g/mol. The average Bonchev–Trinajstić information content (AvgIpc) is 2.26. The Morgan fingerprint density at radius 1 is 1.35 bits per heavy atom. The van der Waals surface area contributed by atoms with E-state index in [1.54, 1.807) is 0 Å². The Balaban J connectivity index is 2.32. The first-order valence-electron chi connectivity index (χ1n) is 7.01. The maximum absolute atomic E-state index is 7.60. The van der Waals surface area contributed by atoms with Gasteiger partial charge in [-0.2, -0.15) is 0 Å². The predicted molar refractivity (Wildman–Crippen MR) is 72.5 cm³/mol. The van der Waals surface area contributed by atoms with Crippen LogP contribution in [0.2, 0.25) is 0 Å². The van der Waals surface area contributed by atoms with Crippen molar-refractivity contribution >= 4 is 0 Å². The van der Waals surface area contributed by atoms with E-state index >= 15 is 0 Å². The molecule has 2 saturated carbocycles. The van der Waals surface area contributed by atoms with E-state index in [2.05, 4.69) is 32.2 Å². The molecule has 0 N–H and O–H groups in total. The lowest BCUT2D eigenvalue weighted by Crippen LogP contribution is -2.49. The maximum Gasteiger partial charge on any atom is 0.233 e. The molecule has 0 aliphatic heterocycles. The Labute approximate surface area is 106 Å². The van der Waals surface area contributed by atoms with Gasteiger partial charge < -0.3 is 4.85 Å². The minimum Gasteiger partial charge on any atom is -0.313 e. The topological polar surface area (TPSA) is 4.36 Å². The lowest BCUT2D eigenvalue weighted by molar-refractivity contribution is 0.00146. The third kappa shape index (κ3) is 2.03. The normalized spacial score (nSPS) is 45.8. The van der Waals surface area contributed by atoms with Crippen LogP contribution in [-0.4, -0.2) is 6.04 Å². The van der Waals surface area contributed by atoms with Crippen molar-refractivity contribution in [3.05, 3.63) is 23.6 Å². The molecule has 0 heterocycles. The summed E-state index contributed by atoms with van der Waals surface area (Å²) >= 11 is 0. The zero-order chi connectivity index (χ0) is 12.6. The first kappa shape index (κ1) is 12.7. The van der Waals surface area contributed by atoms with E-state index in [4.69, 9.17) is 6.57 Å². The summed E-state index contributed by atoms with van der Waals surface area (Å²) < 4.78 is 0. The van der Waals surface area contributed by atoms with E-state index in [0.29, 0.717) is 17.3 Å². The Bertz CT molecular complexity index is 351. The van der Waals surface area contributed by atoms with Gasteiger partial charge >= 0.3 is 0 Å². The molecule has 2 fully saturated rings. The second-order valence-electron chi connectivity index (χ2n) is 6.66. The van der Waals surface area contributed by atoms with E-state index in [-0.39, 0.29) is 6.04 Å². The van der Waals surface area contributed by atoms with Crippen molar-refractivity contribution in [3.8, 4) is 0 Å². The summed E-state index contributed by atoms with van der Waals surface area (Å²) in [5.41, 5.74) is 1.66. The Hall–Kier alpha value is -0.770. The molecule has 5 atom stereocenters. The number of hydrogen-bond acceptors (Lipinski definition) is 0. The quantitative estimate of drug-likeness (QED) is 0.455. The van der Waals surface area contributed by atoms with Crippen molar-refractivity contribution in [2.75, 3.05) is 0 Å². The summed E-state index contributed by atoms with van der Waals surface area (Å²) in [6.07, 6.45) is 6.48. The van der Waals surface area contributed by atoms with Gasteiger partial charge in [-0.3, -0.25) is 0 Å². The SMILES string of the molecule is [C-]#[N+][C@@H]1[C@H]2[C@H](C)CCC[C@]2(C)CC[C@H]1C(=C)C. The van der Waals surface area contributed by atoms with E-state index in [0.717, 1.165) is 5.92 Å². The highest BCUT2D eigenvalue weighted by Crippen LogP contribution is 2.55. The van der Waals surface area contributed by atoms with Crippen LogP contribution in [0.4, 0.5) is 0 Å². The minimum absolute atomic E-state index is 0.196. The third-order valence-corrected chi connectivity index (χ3v) is 5.41. The van der Waals surface area contributed by atoms with Crippen LogP contribution in [0.25, 0.3) is 4.85 Å². The van der Waals surface area contributed by atoms with Crippen LogP contribution in [-0.2, 0) is 0 Å². The van der Waals surface area contributed by atoms with Crippen LogP contribution in [0.15, 0.2) is 12.2 Å². The van der Waals surface area contributed by atoms with Gasteiger partial charge in [0.2, 0.25) is 6.04 Å². The van der Waals surface area contributed by atoms with Crippen molar-refractivity contribution in [1.29, 1.82) is 0 Å². The summed E-state index contributed by atoms with van der Waals surface area (Å²) in [4.78, 5) is 4.02. The molecule has 0 radical (unpaired) electrons. The van der Waals surface area contributed by atoms with Crippen LogP contribution < -0.4 is 0 Å². The second kappa shape index (κ2) is 4.48. The lowest BCUT2D eigenvalue weighted by Gasteiger charge is -2.50. The van der Waals surface area contributed by atoms with Gasteiger partial charge in [-0.05, 0) is 37.5 Å². The van der Waals surface area contributed by atoms with Gasteiger partial charge in [0.05, 0.1) is 5.92 Å². The van der Waals surface area contributed by atoms with Crippen molar-refractivity contribution < 1.29 is 0 Å². The monoisotopic (exact) mass is 231 g/mol. The van der Waals surface area contributed by atoms with Crippen LogP contribution >= 0.6 is 0 Å². The Kier molecular flexibility index (Phi) is 3.34. The summed E-state index contributed by atoms with van der Waals surface area (Å²) in [6.45, 7) is 18.6. The van der Waals surface area contributed by atoms with Gasteiger partial charge in [0.15, 0.2) is 0 Å². The molecular formula is C16H25N. The zero-order valence-corrected chi connectivity index (χ0v) is 11.5. The molecule has 2 aliphatic rings. The lowest BCUT2D eigenvalue weighted by atomic mass is 9.53. The zero-order valence-electron chi connectivity index (χ0n) is 11.5. The Morgan fingerprint density at radius 2 is 2.06 bits per heavy atom. The fraction of sp³-hybridized carbons (Fsp3) is 0.812. The van der Waals surface area contributed by atoms with Gasteiger partial charge in [-0.25, -0.2) is 6.57 Å². The molecule has 0 unspecified atom stereocenters. The fourth-order valence-corrected chi connectivity index (χ4v) is 4.52. The molecule has 1 heteroatoms. The number of fused-ring (bicyclic) bond motifs is 1. The standard InChI is InChI=1S/C16H25N/c1-11(2)13-8-10-16(4)9-6-7-12(3)14(16)15(13)17-5/h12-15H,1,6-10H2,2-4H3/t12-,13+,14-,15+,16-/m1/s1. The second-order valence-corrected chi connectivity index (χ2v) is 6.66. The molecule has 0 aromatic heterocycles. The van der Waals surface area contributed by atoms with Gasteiger partial charge in [-0.15, -0.1) is 0 Å². The predicted octanol–water partition coefficient (Wildman–Crippen LogP) is 4.70. The van der Waals surface area contributed by atoms with E-state index in [1.807, 2.05) is 0 Å². The largest absolute Gasteiger partial charge is 0.313 e. The molecule has 0 spiro atoms. The molecular weight excluding hydrogens is 206 g/mol. The Morgan fingerprint density at radius 3 is 2.65 bits per heavy atom. The number of hydrogen-bond donors (Lipinski definition) is 0. The molecule has 0 saturated heterocycles. The van der Waals surface area contributed by atoms with Crippen molar-refractivity contribution in [1.82, 2.24) is 0 Å². The molecule has 1 nitrogen and oxygen atoms in total. The van der Waals surface area contributed by atoms with E-state index in [9.17, 15) is 0 Å². The van der Waals surface area contributed by atoms with Crippen molar-refractivity contribution in [2.24, 2.45) is 23.2 Å². The van der Waals surface area contributed by atoms with Crippen LogP contribution in [0.5, 0.6) is 0 Å². The molecule has 94 valence electrons. The van der Waals surface area contributed by atoms with Gasteiger partial charge in [0, 0.05) is 5.92 Å². The van der Waals surface area contributed by atoms with Gasteiger partial charge in [0.25, 0.3) is 0 Å². The summed E-state index contributed by atoms with van der Waals surface area (Å²) in [6, 6.07) is 0.196. The van der Waals surface area contributed by atoms with Crippen molar-refractivity contribution in [3.63, 3.8) is 0 Å². The van der Waals surface area contributed by atoms with Crippen LogP contribution in [0.3, 0.4) is 0 Å². The third-order valence-electron chi connectivity index (χ3n) is 5.41. The van der Waals surface area contributed by atoms with Crippen LogP contribution in [0.1, 0.15) is 52.9 Å². The van der Waals surface area contributed by atoms with Crippen molar-refractivity contribution in [2.45, 2.75) is 58.9 Å². The highest BCUT2D eigenvalue weighted by Gasteiger charge is 2.53. The minimum atomic E-state index is 0.196. The first-order valence-corrected chi connectivity index (χ1v) is 7.01. The first-order chi connectivity index (χ1) is 7.99. The highest BCUT2D eigenvalue weighted by atomic mass is 14.8. The summed E-state index contributed by atoms with van der Waals surface area (Å²) in [7, 11) is 0. The summed E-state index contributed by atoms with van der Waals surface area (Å²) in [5, 5.41) is 0. The molecule has 0 bridgehead atoms. The van der Waals surface area contributed by atoms with Gasteiger partial charge in [0.1, 0.15) is 0 Å². The molecule has 0 aromatic carbocycles. The smallest absolute Gasteiger partial charge is 0.233 e. The molecule has 2 rings (SSSR count). The number of rotatable bonds is 1. The summed E-state index contributed by atoms with van der Waals surface area (Å²) in [5.74, 6) is 1.77.